The van der Waals surface area contributed by atoms with Gasteiger partial charge in [0.2, 0.25) is 0 Å². The van der Waals surface area contributed by atoms with Crippen molar-refractivity contribution in [3.63, 3.8) is 0 Å². The second kappa shape index (κ2) is 8.51. The highest BCUT2D eigenvalue weighted by atomic mass is 16.7. The van der Waals surface area contributed by atoms with Crippen LogP contribution in [-0.2, 0) is 19.1 Å². The fourth-order valence-corrected chi connectivity index (χ4v) is 2.14. The van der Waals surface area contributed by atoms with E-state index in [-0.39, 0.29) is 5.92 Å². The van der Waals surface area contributed by atoms with E-state index < -0.39 is 18.2 Å². The summed E-state index contributed by atoms with van der Waals surface area (Å²) in [6, 6.07) is 8.16. The molecule has 0 heterocycles. The first-order valence-corrected chi connectivity index (χ1v) is 7.86. The first kappa shape index (κ1) is 18.9. The fraction of sp³-hybridized carbons (Fsp3) is 0.474. The van der Waals surface area contributed by atoms with Crippen LogP contribution >= 0.6 is 0 Å². The van der Waals surface area contributed by atoms with Crippen LogP contribution in [0.15, 0.2) is 29.8 Å². The predicted octanol–water partition coefficient (Wildman–Crippen LogP) is 4.30. The molecule has 0 aliphatic heterocycles. The zero-order valence-electron chi connectivity index (χ0n) is 14.8. The number of carbonyl (C=O) groups is 2. The molecule has 0 spiro atoms. The average Bonchev–Trinajstić information content (AvgIpc) is 2.43. The Morgan fingerprint density at radius 3 is 1.74 bits per heavy atom. The highest BCUT2D eigenvalue weighted by molar-refractivity contribution is 5.69. The van der Waals surface area contributed by atoms with E-state index in [0.717, 1.165) is 11.1 Å². The third-order valence-electron chi connectivity index (χ3n) is 3.42. The van der Waals surface area contributed by atoms with Gasteiger partial charge in [0, 0.05) is 19.4 Å². The molecule has 1 aromatic carbocycles. The summed E-state index contributed by atoms with van der Waals surface area (Å²) in [5.41, 5.74) is 2.97. The lowest BCUT2D eigenvalue weighted by Gasteiger charge is -2.22. The quantitative estimate of drug-likeness (QED) is 0.579. The van der Waals surface area contributed by atoms with Crippen LogP contribution in [0.3, 0.4) is 0 Å². The summed E-state index contributed by atoms with van der Waals surface area (Å²) in [4.78, 5) is 22.6. The van der Waals surface area contributed by atoms with Gasteiger partial charge in [0.25, 0.3) is 6.29 Å². The number of rotatable bonds is 6. The van der Waals surface area contributed by atoms with Crippen molar-refractivity contribution in [2.45, 2.75) is 53.8 Å². The Labute approximate surface area is 138 Å². The maximum absolute atomic E-state index is 11.3. The molecule has 0 saturated carbocycles. The van der Waals surface area contributed by atoms with E-state index in [0.29, 0.717) is 5.92 Å². The molecule has 0 atom stereocenters. The second-order valence-electron chi connectivity index (χ2n) is 6.17. The molecule has 126 valence electrons. The van der Waals surface area contributed by atoms with Crippen molar-refractivity contribution in [2.24, 2.45) is 5.92 Å². The predicted molar refractivity (Wildman–Crippen MR) is 90.7 cm³/mol. The Hall–Kier alpha value is -2.10. The van der Waals surface area contributed by atoms with E-state index in [2.05, 4.69) is 26.0 Å². The molecule has 0 N–H and O–H groups in total. The Morgan fingerprint density at radius 2 is 1.39 bits per heavy atom. The van der Waals surface area contributed by atoms with Crippen molar-refractivity contribution in [3.8, 4) is 0 Å². The highest BCUT2D eigenvalue weighted by Crippen LogP contribution is 2.23. The molecule has 0 saturated heterocycles. The van der Waals surface area contributed by atoms with Gasteiger partial charge < -0.3 is 9.47 Å². The molecule has 4 heteroatoms. The number of carbonyl (C=O) groups excluding carboxylic acids is 2. The molecule has 0 unspecified atom stereocenters. The van der Waals surface area contributed by atoms with Crippen molar-refractivity contribution < 1.29 is 19.1 Å². The van der Waals surface area contributed by atoms with Gasteiger partial charge in [0.05, 0.1) is 0 Å². The van der Waals surface area contributed by atoms with Crippen molar-refractivity contribution in [2.75, 3.05) is 0 Å². The van der Waals surface area contributed by atoms with Gasteiger partial charge in [-0.25, -0.2) is 0 Å². The summed E-state index contributed by atoms with van der Waals surface area (Å²) >= 11 is 0. The maximum Gasteiger partial charge on any atom is 0.305 e. The molecule has 0 aliphatic rings. The maximum atomic E-state index is 11.3. The summed E-state index contributed by atoms with van der Waals surface area (Å²) in [5.74, 6) is -0.452. The number of esters is 2. The number of benzene rings is 1. The molecule has 0 bridgehead atoms. The van der Waals surface area contributed by atoms with Gasteiger partial charge in [0.15, 0.2) is 0 Å². The molecule has 0 radical (unpaired) electrons. The lowest BCUT2D eigenvalue weighted by atomic mass is 9.97. The van der Waals surface area contributed by atoms with Gasteiger partial charge in [-0.2, -0.15) is 0 Å². The lowest BCUT2D eigenvalue weighted by Crippen LogP contribution is -2.26. The smallest absolute Gasteiger partial charge is 0.305 e. The first-order valence-electron chi connectivity index (χ1n) is 7.86. The van der Waals surface area contributed by atoms with E-state index in [1.807, 2.05) is 32.1 Å². The van der Waals surface area contributed by atoms with E-state index in [1.165, 1.54) is 19.4 Å². The molecule has 0 fully saturated rings. The van der Waals surface area contributed by atoms with Crippen LogP contribution in [0.25, 0.3) is 6.08 Å². The van der Waals surface area contributed by atoms with Crippen molar-refractivity contribution in [1.29, 1.82) is 0 Å². The zero-order valence-corrected chi connectivity index (χ0v) is 14.8. The summed E-state index contributed by atoms with van der Waals surface area (Å²) in [6.45, 7) is 10.8. The van der Waals surface area contributed by atoms with Crippen LogP contribution < -0.4 is 0 Å². The molecular weight excluding hydrogens is 292 g/mol. The first-order chi connectivity index (χ1) is 10.7. The topological polar surface area (TPSA) is 52.6 Å². The van der Waals surface area contributed by atoms with Crippen LogP contribution in [0.2, 0.25) is 0 Å². The molecule has 0 amide bonds. The van der Waals surface area contributed by atoms with Crippen LogP contribution in [0, 0.1) is 5.92 Å². The largest absolute Gasteiger partial charge is 0.421 e. The van der Waals surface area contributed by atoms with Crippen molar-refractivity contribution in [3.05, 3.63) is 41.0 Å². The van der Waals surface area contributed by atoms with E-state index >= 15 is 0 Å². The number of hydrogen-bond donors (Lipinski definition) is 0. The van der Waals surface area contributed by atoms with Crippen LogP contribution in [-0.4, -0.2) is 18.2 Å². The fourth-order valence-electron chi connectivity index (χ4n) is 2.14. The van der Waals surface area contributed by atoms with Crippen LogP contribution in [0.4, 0.5) is 0 Å². The van der Waals surface area contributed by atoms with Crippen LogP contribution in [0.5, 0.6) is 0 Å². The Morgan fingerprint density at radius 1 is 0.913 bits per heavy atom. The second-order valence-corrected chi connectivity index (χ2v) is 6.17. The lowest BCUT2D eigenvalue weighted by molar-refractivity contribution is -0.178. The van der Waals surface area contributed by atoms with Gasteiger partial charge in [0.1, 0.15) is 0 Å². The van der Waals surface area contributed by atoms with E-state index in [9.17, 15) is 9.59 Å². The molecule has 4 nitrogen and oxygen atoms in total. The number of ether oxygens (including phenoxy) is 2. The Balaban J connectivity index is 3.14. The molecule has 0 aliphatic carbocycles. The molecule has 1 aromatic rings. The third kappa shape index (κ3) is 6.27. The van der Waals surface area contributed by atoms with Crippen molar-refractivity contribution in [1.82, 2.24) is 0 Å². The summed E-state index contributed by atoms with van der Waals surface area (Å²) in [5, 5.41) is 0. The SMILES string of the molecule is CC(=O)OC(OC(C)=O)C(=Cc1ccc(C(C)C)cc1)C(C)C. The molecule has 0 aromatic heterocycles. The minimum atomic E-state index is -0.991. The highest BCUT2D eigenvalue weighted by Gasteiger charge is 2.23. The Bertz CT molecular complexity index is 552. The minimum absolute atomic E-state index is 0.0588. The van der Waals surface area contributed by atoms with Gasteiger partial charge in [-0.3, -0.25) is 9.59 Å². The molecule has 23 heavy (non-hydrogen) atoms. The summed E-state index contributed by atoms with van der Waals surface area (Å²) in [6.07, 6.45) is 0.917. The Kier molecular flexibility index (Phi) is 7.01. The minimum Gasteiger partial charge on any atom is -0.421 e. The van der Waals surface area contributed by atoms with Gasteiger partial charge in [-0.15, -0.1) is 0 Å². The summed E-state index contributed by atoms with van der Waals surface area (Å²) in [7, 11) is 0. The average molecular weight is 318 g/mol. The van der Waals surface area contributed by atoms with Crippen molar-refractivity contribution >= 4 is 18.0 Å². The summed E-state index contributed by atoms with van der Waals surface area (Å²) < 4.78 is 10.3. The standard InChI is InChI=1S/C19H26O4/c1-12(2)17-9-7-16(8-10-17)11-18(13(3)4)19(22-14(5)20)23-15(6)21/h7-13,19H,1-6H3. The van der Waals surface area contributed by atoms with Gasteiger partial charge >= 0.3 is 11.9 Å². The van der Waals surface area contributed by atoms with Gasteiger partial charge in [-0.1, -0.05) is 52.0 Å². The monoisotopic (exact) mass is 318 g/mol. The number of hydrogen-bond acceptors (Lipinski definition) is 4. The zero-order chi connectivity index (χ0) is 17.6. The molecule has 1 rings (SSSR count). The molecular formula is C19H26O4. The van der Waals surface area contributed by atoms with Gasteiger partial charge in [-0.05, 0) is 29.0 Å². The van der Waals surface area contributed by atoms with E-state index in [4.69, 9.17) is 9.47 Å². The normalized spacial score (nSPS) is 12.0. The van der Waals surface area contributed by atoms with E-state index in [1.54, 1.807) is 0 Å². The third-order valence-corrected chi connectivity index (χ3v) is 3.42. The van der Waals surface area contributed by atoms with Crippen LogP contribution in [0.1, 0.15) is 58.6 Å².